The van der Waals surface area contributed by atoms with Gasteiger partial charge in [-0.25, -0.2) is 0 Å². The van der Waals surface area contributed by atoms with E-state index in [2.05, 4.69) is 12.1 Å². The van der Waals surface area contributed by atoms with Crippen LogP contribution in [0.15, 0.2) is 36.4 Å². The Labute approximate surface area is 137 Å². The molecule has 1 heterocycles. The van der Waals surface area contributed by atoms with Gasteiger partial charge in [-0.1, -0.05) is 18.2 Å². The topological polar surface area (TPSA) is 42.4 Å². The Morgan fingerprint density at radius 3 is 2.91 bits per heavy atom. The fourth-order valence-electron chi connectivity index (χ4n) is 2.92. The normalized spacial score (nSPS) is 16.5. The number of ether oxygens (including phenoxy) is 1. The van der Waals surface area contributed by atoms with Crippen LogP contribution >= 0.6 is 12.4 Å². The zero-order chi connectivity index (χ0) is 14.7. The number of rotatable bonds is 4. The van der Waals surface area contributed by atoms with Crippen LogP contribution in [0.5, 0.6) is 5.75 Å². The Balaban J connectivity index is 0.00000176. The second-order valence-corrected chi connectivity index (χ2v) is 5.60. The maximum absolute atomic E-state index is 9.96. The molecule has 0 radical (unpaired) electrons. The molecule has 1 aliphatic rings. The van der Waals surface area contributed by atoms with Gasteiger partial charge in [-0.05, 0) is 55.9 Å². The van der Waals surface area contributed by atoms with E-state index < -0.39 is 0 Å². The third-order valence-corrected chi connectivity index (χ3v) is 4.12. The van der Waals surface area contributed by atoms with Crippen LogP contribution in [0.2, 0.25) is 0 Å². The van der Waals surface area contributed by atoms with Crippen molar-refractivity contribution < 1.29 is 9.84 Å². The number of benzene rings is 1. The lowest BCUT2D eigenvalue weighted by atomic mass is 9.93. The lowest BCUT2D eigenvalue weighted by Crippen LogP contribution is -2.12. The van der Waals surface area contributed by atoms with Gasteiger partial charge in [0, 0.05) is 17.0 Å². The first-order valence-electron chi connectivity index (χ1n) is 7.56. The smallest absolute Gasteiger partial charge is 0.119 e. The van der Waals surface area contributed by atoms with Gasteiger partial charge >= 0.3 is 0 Å². The van der Waals surface area contributed by atoms with Crippen LogP contribution in [-0.4, -0.2) is 17.2 Å². The van der Waals surface area contributed by atoms with Crippen LogP contribution < -0.4 is 4.74 Å². The molecule has 1 unspecified atom stereocenters. The second-order valence-electron chi connectivity index (χ2n) is 5.60. The number of methoxy groups -OCH3 is 1. The van der Waals surface area contributed by atoms with Crippen molar-refractivity contribution in [2.24, 2.45) is 0 Å². The Morgan fingerprint density at radius 2 is 2.09 bits per heavy atom. The average molecular weight is 320 g/mol. The predicted molar refractivity (Wildman–Crippen MR) is 89.8 cm³/mol. The van der Waals surface area contributed by atoms with Crippen molar-refractivity contribution in [3.63, 3.8) is 0 Å². The summed E-state index contributed by atoms with van der Waals surface area (Å²) < 4.78 is 5.25. The lowest BCUT2D eigenvalue weighted by molar-refractivity contribution is 0.155. The molecule has 1 aliphatic carbocycles. The molecule has 0 bridgehead atoms. The monoisotopic (exact) mass is 319 g/mol. The first-order valence-corrected chi connectivity index (χ1v) is 7.56. The van der Waals surface area contributed by atoms with E-state index in [4.69, 9.17) is 9.72 Å². The van der Waals surface area contributed by atoms with E-state index >= 15 is 0 Å². The van der Waals surface area contributed by atoms with Gasteiger partial charge < -0.3 is 9.84 Å². The van der Waals surface area contributed by atoms with Gasteiger partial charge in [0.25, 0.3) is 0 Å². The molecule has 0 fully saturated rings. The van der Waals surface area contributed by atoms with Crippen molar-refractivity contribution in [1.82, 2.24) is 4.98 Å². The number of hydrogen-bond donors (Lipinski definition) is 1. The first kappa shape index (κ1) is 16.8. The number of aryl methyl sites for hydroxylation is 3. The molecule has 3 rings (SSSR count). The van der Waals surface area contributed by atoms with Gasteiger partial charge in [0.1, 0.15) is 5.75 Å². The molecule has 1 N–H and O–H groups in total. The van der Waals surface area contributed by atoms with Gasteiger partial charge in [0.15, 0.2) is 0 Å². The quantitative estimate of drug-likeness (QED) is 0.935. The number of pyridine rings is 1. The number of hydrogen-bond acceptors (Lipinski definition) is 3. The number of halogens is 1. The molecule has 0 amide bonds. The third-order valence-electron chi connectivity index (χ3n) is 4.12. The SMILES string of the molecule is COc1cccc(CCc2ccc3c(n2)CCCC3O)c1.Cl. The fraction of sp³-hybridized carbons (Fsp3) is 0.389. The average Bonchev–Trinajstić information content (AvgIpc) is 2.53. The number of nitrogens with zero attached hydrogens (tertiary/aromatic N) is 1. The molecule has 0 aliphatic heterocycles. The molecular weight excluding hydrogens is 298 g/mol. The maximum atomic E-state index is 9.96. The summed E-state index contributed by atoms with van der Waals surface area (Å²) in [5.74, 6) is 0.897. The highest BCUT2D eigenvalue weighted by molar-refractivity contribution is 5.85. The minimum atomic E-state index is -0.325. The minimum absolute atomic E-state index is 0. The Kier molecular flexibility index (Phi) is 5.81. The Bertz CT molecular complexity index is 630. The summed E-state index contributed by atoms with van der Waals surface area (Å²) in [6.45, 7) is 0. The van der Waals surface area contributed by atoms with Crippen LogP contribution in [0.1, 0.15) is 41.5 Å². The molecule has 0 saturated carbocycles. The molecule has 4 heteroatoms. The van der Waals surface area contributed by atoms with Crippen molar-refractivity contribution in [1.29, 1.82) is 0 Å². The first-order chi connectivity index (χ1) is 10.3. The van der Waals surface area contributed by atoms with Crippen molar-refractivity contribution in [2.75, 3.05) is 7.11 Å². The standard InChI is InChI=1S/C18H21NO2.ClH/c1-21-15-5-2-4-13(12-15)8-9-14-10-11-16-17(19-14)6-3-7-18(16)20;/h2,4-5,10-12,18,20H,3,6-9H2,1H3;1H. The summed E-state index contributed by atoms with van der Waals surface area (Å²) in [4.78, 5) is 4.73. The van der Waals surface area contributed by atoms with E-state index in [9.17, 15) is 5.11 Å². The van der Waals surface area contributed by atoms with E-state index in [0.29, 0.717) is 0 Å². The summed E-state index contributed by atoms with van der Waals surface area (Å²) >= 11 is 0. The minimum Gasteiger partial charge on any atom is -0.497 e. The predicted octanol–water partition coefficient (Wildman–Crippen LogP) is 3.67. The highest BCUT2D eigenvalue weighted by atomic mass is 35.5. The zero-order valence-electron chi connectivity index (χ0n) is 12.8. The number of aromatic nitrogens is 1. The summed E-state index contributed by atoms with van der Waals surface area (Å²) in [7, 11) is 1.69. The van der Waals surface area contributed by atoms with E-state index in [1.807, 2.05) is 24.3 Å². The molecule has 118 valence electrons. The maximum Gasteiger partial charge on any atom is 0.119 e. The molecule has 1 atom stereocenters. The fourth-order valence-corrected chi connectivity index (χ4v) is 2.92. The molecule has 0 saturated heterocycles. The zero-order valence-corrected chi connectivity index (χ0v) is 13.6. The van der Waals surface area contributed by atoms with E-state index in [-0.39, 0.29) is 18.5 Å². The summed E-state index contributed by atoms with van der Waals surface area (Å²) in [6.07, 6.45) is 4.41. The number of fused-ring (bicyclic) bond motifs is 1. The third kappa shape index (κ3) is 3.79. The van der Waals surface area contributed by atoms with Crippen molar-refractivity contribution >= 4 is 12.4 Å². The van der Waals surface area contributed by atoms with Gasteiger partial charge in [-0.15, -0.1) is 12.4 Å². The lowest BCUT2D eigenvalue weighted by Gasteiger charge is -2.20. The highest BCUT2D eigenvalue weighted by Gasteiger charge is 2.18. The van der Waals surface area contributed by atoms with Gasteiger partial charge in [-0.3, -0.25) is 4.98 Å². The molecule has 0 spiro atoms. The largest absolute Gasteiger partial charge is 0.497 e. The van der Waals surface area contributed by atoms with Gasteiger partial charge in [0.05, 0.1) is 13.2 Å². The van der Waals surface area contributed by atoms with Crippen LogP contribution in [-0.2, 0) is 19.3 Å². The van der Waals surface area contributed by atoms with Crippen molar-refractivity contribution in [3.05, 3.63) is 58.9 Å². The highest BCUT2D eigenvalue weighted by Crippen LogP contribution is 2.28. The van der Waals surface area contributed by atoms with Crippen LogP contribution in [0.25, 0.3) is 0 Å². The second kappa shape index (κ2) is 7.61. The number of aliphatic hydroxyl groups excluding tert-OH is 1. The Morgan fingerprint density at radius 1 is 1.23 bits per heavy atom. The van der Waals surface area contributed by atoms with Crippen LogP contribution in [0.4, 0.5) is 0 Å². The van der Waals surface area contributed by atoms with Crippen molar-refractivity contribution in [2.45, 2.75) is 38.2 Å². The van der Waals surface area contributed by atoms with E-state index in [1.54, 1.807) is 7.11 Å². The summed E-state index contributed by atoms with van der Waals surface area (Å²) in [5, 5.41) is 9.96. The molecule has 1 aromatic heterocycles. The van der Waals surface area contributed by atoms with Gasteiger partial charge in [-0.2, -0.15) is 0 Å². The van der Waals surface area contributed by atoms with Crippen LogP contribution in [0.3, 0.4) is 0 Å². The van der Waals surface area contributed by atoms with Crippen molar-refractivity contribution in [3.8, 4) is 5.75 Å². The molecule has 3 nitrogen and oxygen atoms in total. The molecular formula is C18H22ClNO2. The molecule has 2 aromatic rings. The van der Waals surface area contributed by atoms with E-state index in [1.165, 1.54) is 5.56 Å². The molecule has 1 aromatic carbocycles. The van der Waals surface area contributed by atoms with Gasteiger partial charge in [0.2, 0.25) is 0 Å². The summed E-state index contributed by atoms with van der Waals surface area (Å²) in [5.41, 5.74) is 4.46. The van der Waals surface area contributed by atoms with Crippen LogP contribution in [0, 0.1) is 0 Å². The Hall–Kier alpha value is -1.58. The summed E-state index contributed by atoms with van der Waals surface area (Å²) in [6, 6.07) is 12.3. The van der Waals surface area contributed by atoms with E-state index in [0.717, 1.165) is 54.8 Å². The number of aliphatic hydroxyl groups is 1. The molecule has 22 heavy (non-hydrogen) atoms.